The predicted octanol–water partition coefficient (Wildman–Crippen LogP) is 2.95. The minimum Gasteiger partial charge on any atom is -0.321 e. The van der Waals surface area contributed by atoms with E-state index in [1.807, 2.05) is 48.5 Å². The van der Waals surface area contributed by atoms with E-state index in [0.29, 0.717) is 11.0 Å². The van der Waals surface area contributed by atoms with E-state index in [1.165, 1.54) is 4.79 Å². The molecule has 1 heterocycles. The average molecular weight is 299 g/mol. The van der Waals surface area contributed by atoms with Crippen LogP contribution in [0.15, 0.2) is 59.7 Å². The van der Waals surface area contributed by atoms with E-state index in [4.69, 9.17) is 11.6 Å². The Kier molecular flexibility index (Phi) is 3.88. The molecular formula is C14H11ClN6. The van der Waals surface area contributed by atoms with Gasteiger partial charge in [-0.15, -0.1) is 0 Å². The van der Waals surface area contributed by atoms with Crippen LogP contribution in [-0.2, 0) is 0 Å². The van der Waals surface area contributed by atoms with Crippen LogP contribution >= 0.6 is 11.6 Å². The van der Waals surface area contributed by atoms with Gasteiger partial charge in [0.2, 0.25) is 0 Å². The zero-order valence-electron chi connectivity index (χ0n) is 10.9. The summed E-state index contributed by atoms with van der Waals surface area (Å²) in [5.74, 6) is 0.421. The van der Waals surface area contributed by atoms with Gasteiger partial charge in [0.25, 0.3) is 5.95 Å². The van der Waals surface area contributed by atoms with E-state index in [0.717, 1.165) is 11.3 Å². The van der Waals surface area contributed by atoms with Gasteiger partial charge in [0, 0.05) is 16.3 Å². The lowest BCUT2D eigenvalue weighted by Gasteiger charge is -2.02. The number of tetrazole rings is 1. The summed E-state index contributed by atoms with van der Waals surface area (Å²) < 4.78 is 0. The third-order valence-electron chi connectivity index (χ3n) is 2.69. The van der Waals surface area contributed by atoms with Crippen LogP contribution in [0.2, 0.25) is 5.02 Å². The summed E-state index contributed by atoms with van der Waals surface area (Å²) in [5.41, 5.74) is 1.67. The van der Waals surface area contributed by atoms with Crippen LogP contribution in [0.25, 0.3) is 0 Å². The van der Waals surface area contributed by atoms with E-state index in [1.54, 1.807) is 12.3 Å². The number of nitrogens with zero attached hydrogens (tertiary/aromatic N) is 5. The lowest BCUT2D eigenvalue weighted by atomic mass is 10.2. The van der Waals surface area contributed by atoms with Crippen LogP contribution in [0.5, 0.6) is 0 Å². The van der Waals surface area contributed by atoms with Crippen molar-refractivity contribution in [3.05, 3.63) is 65.2 Å². The van der Waals surface area contributed by atoms with Crippen LogP contribution in [0, 0.1) is 0 Å². The fourth-order valence-electron chi connectivity index (χ4n) is 1.68. The first-order chi connectivity index (χ1) is 10.3. The molecule has 7 heteroatoms. The number of anilines is 2. The molecule has 0 bridgehead atoms. The minimum absolute atomic E-state index is 0.421. The van der Waals surface area contributed by atoms with Crippen LogP contribution < -0.4 is 5.32 Å². The number of rotatable bonds is 4. The van der Waals surface area contributed by atoms with E-state index in [2.05, 4.69) is 25.9 Å². The van der Waals surface area contributed by atoms with Crippen molar-refractivity contribution in [1.29, 1.82) is 0 Å². The maximum absolute atomic E-state index is 6.07. The largest absolute Gasteiger partial charge is 0.321 e. The van der Waals surface area contributed by atoms with Gasteiger partial charge >= 0.3 is 0 Å². The third kappa shape index (κ3) is 3.24. The van der Waals surface area contributed by atoms with Gasteiger partial charge in [-0.2, -0.15) is 5.10 Å². The number of hydrogen-bond donors (Lipinski definition) is 1. The van der Waals surface area contributed by atoms with Gasteiger partial charge < -0.3 is 5.32 Å². The van der Waals surface area contributed by atoms with E-state index in [9.17, 15) is 0 Å². The third-order valence-corrected chi connectivity index (χ3v) is 3.04. The van der Waals surface area contributed by atoms with Crippen molar-refractivity contribution in [1.82, 2.24) is 20.3 Å². The van der Waals surface area contributed by atoms with Crippen molar-refractivity contribution in [2.75, 3.05) is 5.32 Å². The van der Waals surface area contributed by atoms with E-state index >= 15 is 0 Å². The molecular weight excluding hydrogens is 288 g/mol. The van der Waals surface area contributed by atoms with Crippen LogP contribution in [0.3, 0.4) is 0 Å². The van der Waals surface area contributed by atoms with Gasteiger partial charge in [-0.3, -0.25) is 0 Å². The second kappa shape index (κ2) is 6.15. The quantitative estimate of drug-likeness (QED) is 0.752. The molecule has 2 aromatic carbocycles. The SMILES string of the molecule is Clc1ccccc1C=Nn1nnnc1Nc1ccccc1. The number of hydrogen-bond acceptors (Lipinski definition) is 5. The lowest BCUT2D eigenvalue weighted by Crippen LogP contribution is -2.01. The predicted molar refractivity (Wildman–Crippen MR) is 82.0 cm³/mol. The molecule has 0 unspecified atom stereocenters. The van der Waals surface area contributed by atoms with Crippen molar-refractivity contribution in [2.45, 2.75) is 0 Å². The van der Waals surface area contributed by atoms with Crippen LogP contribution in [0.1, 0.15) is 5.56 Å². The highest BCUT2D eigenvalue weighted by Gasteiger charge is 2.04. The molecule has 0 spiro atoms. The second-order valence-corrected chi connectivity index (χ2v) is 4.56. The first-order valence-electron chi connectivity index (χ1n) is 6.22. The molecule has 0 atom stereocenters. The first kappa shape index (κ1) is 13.3. The Hall–Kier alpha value is -2.73. The van der Waals surface area contributed by atoms with Crippen molar-refractivity contribution in [3.8, 4) is 0 Å². The smallest absolute Gasteiger partial charge is 0.269 e. The fourth-order valence-corrected chi connectivity index (χ4v) is 1.87. The molecule has 104 valence electrons. The Bertz CT molecular complexity index is 753. The number of para-hydroxylation sites is 1. The average Bonchev–Trinajstić information content (AvgIpc) is 2.95. The monoisotopic (exact) mass is 298 g/mol. The number of nitrogens with one attached hydrogen (secondary N) is 1. The Morgan fingerprint density at radius 3 is 2.62 bits per heavy atom. The standard InChI is InChI=1S/C14H11ClN6/c15-13-9-5-4-6-11(13)10-16-21-14(18-19-20-21)17-12-7-2-1-3-8-12/h1-10H,(H,17,18,20). The van der Waals surface area contributed by atoms with Gasteiger partial charge in [-0.25, -0.2) is 0 Å². The molecule has 3 rings (SSSR count). The molecule has 0 fully saturated rings. The van der Waals surface area contributed by atoms with Crippen LogP contribution in [-0.4, -0.2) is 26.5 Å². The van der Waals surface area contributed by atoms with Crippen molar-refractivity contribution in [2.24, 2.45) is 5.10 Å². The van der Waals surface area contributed by atoms with Crippen LogP contribution in [0.4, 0.5) is 11.6 Å². The molecule has 0 amide bonds. The Balaban J connectivity index is 1.81. The number of halogens is 1. The topological polar surface area (TPSA) is 68.0 Å². The Morgan fingerprint density at radius 1 is 1.05 bits per heavy atom. The molecule has 1 aromatic heterocycles. The molecule has 0 aliphatic rings. The Labute approximate surface area is 126 Å². The van der Waals surface area contributed by atoms with Gasteiger partial charge in [0.05, 0.1) is 6.21 Å². The molecule has 0 aliphatic heterocycles. The van der Waals surface area contributed by atoms with Gasteiger partial charge in [-0.1, -0.05) is 57.9 Å². The molecule has 6 nitrogen and oxygen atoms in total. The summed E-state index contributed by atoms with van der Waals surface area (Å²) >= 11 is 6.07. The molecule has 21 heavy (non-hydrogen) atoms. The highest BCUT2D eigenvalue weighted by atomic mass is 35.5. The normalized spacial score (nSPS) is 10.9. The van der Waals surface area contributed by atoms with E-state index < -0.39 is 0 Å². The second-order valence-electron chi connectivity index (χ2n) is 4.15. The summed E-state index contributed by atoms with van der Waals surface area (Å²) in [6.45, 7) is 0. The summed E-state index contributed by atoms with van der Waals surface area (Å²) in [5, 5.41) is 19.2. The van der Waals surface area contributed by atoms with E-state index in [-0.39, 0.29) is 0 Å². The van der Waals surface area contributed by atoms with Gasteiger partial charge in [0.15, 0.2) is 0 Å². The summed E-state index contributed by atoms with van der Waals surface area (Å²) in [6, 6.07) is 17.0. The molecule has 0 saturated carbocycles. The molecule has 1 N–H and O–H groups in total. The first-order valence-corrected chi connectivity index (χ1v) is 6.60. The fraction of sp³-hybridized carbons (Fsp3) is 0. The van der Waals surface area contributed by atoms with Gasteiger partial charge in [-0.05, 0) is 28.6 Å². The number of benzene rings is 2. The highest BCUT2D eigenvalue weighted by Crippen LogP contribution is 2.14. The molecule has 0 saturated heterocycles. The minimum atomic E-state index is 0.421. The molecule has 0 aliphatic carbocycles. The molecule has 0 radical (unpaired) electrons. The molecule has 3 aromatic rings. The van der Waals surface area contributed by atoms with Gasteiger partial charge in [0.1, 0.15) is 0 Å². The maximum Gasteiger partial charge on any atom is 0.269 e. The summed E-state index contributed by atoms with van der Waals surface area (Å²) in [6.07, 6.45) is 1.61. The maximum atomic E-state index is 6.07. The Morgan fingerprint density at radius 2 is 1.81 bits per heavy atom. The summed E-state index contributed by atoms with van der Waals surface area (Å²) in [7, 11) is 0. The summed E-state index contributed by atoms with van der Waals surface area (Å²) in [4.78, 5) is 1.30. The zero-order chi connectivity index (χ0) is 14.5. The van der Waals surface area contributed by atoms with Crippen molar-refractivity contribution < 1.29 is 0 Å². The zero-order valence-corrected chi connectivity index (χ0v) is 11.6. The van der Waals surface area contributed by atoms with Crippen molar-refractivity contribution in [3.63, 3.8) is 0 Å². The lowest BCUT2D eigenvalue weighted by molar-refractivity contribution is 0.699. The van der Waals surface area contributed by atoms with Crippen molar-refractivity contribution >= 4 is 29.5 Å². The highest BCUT2D eigenvalue weighted by molar-refractivity contribution is 6.33. The number of aromatic nitrogens is 4.